The molecule has 0 saturated heterocycles. The van der Waals surface area contributed by atoms with Crippen molar-refractivity contribution >= 4 is 16.5 Å². The molecule has 0 aliphatic rings. The van der Waals surface area contributed by atoms with Crippen molar-refractivity contribution in [3.63, 3.8) is 0 Å². The largest absolute Gasteiger partial charge is 0.493 e. The number of methoxy groups -OCH3 is 2. The first-order valence-corrected chi connectivity index (χ1v) is 7.87. The lowest BCUT2D eigenvalue weighted by atomic mass is 10.00. The number of pyridine rings is 1. The maximum absolute atomic E-state index is 5.44. The molecular formula is C20H22N2O2. The van der Waals surface area contributed by atoms with Gasteiger partial charge in [-0.25, -0.2) is 0 Å². The van der Waals surface area contributed by atoms with Crippen LogP contribution < -0.4 is 14.4 Å². The minimum Gasteiger partial charge on any atom is -0.493 e. The minimum atomic E-state index is 0.722. The van der Waals surface area contributed by atoms with Crippen molar-refractivity contribution < 1.29 is 9.47 Å². The molecule has 0 saturated carbocycles. The summed E-state index contributed by atoms with van der Waals surface area (Å²) in [4.78, 5) is 6.48. The second kappa shape index (κ2) is 6.79. The summed E-state index contributed by atoms with van der Waals surface area (Å²) < 4.78 is 10.8. The molecule has 0 N–H and O–H groups in total. The zero-order valence-corrected chi connectivity index (χ0v) is 14.5. The number of hydrogen-bond donors (Lipinski definition) is 0. The van der Waals surface area contributed by atoms with Crippen LogP contribution in [0.25, 0.3) is 10.8 Å². The highest BCUT2D eigenvalue weighted by atomic mass is 16.5. The SMILES string of the molecule is COc1cc2cncc(Cc3ccc(N(C)C)cc3)c2cc1OC. The zero-order chi connectivity index (χ0) is 17.1. The molecule has 0 atom stereocenters. The summed E-state index contributed by atoms with van der Waals surface area (Å²) in [6.45, 7) is 0. The van der Waals surface area contributed by atoms with E-state index in [1.807, 2.05) is 38.6 Å². The van der Waals surface area contributed by atoms with Crippen LogP contribution in [0.4, 0.5) is 5.69 Å². The quantitative estimate of drug-likeness (QED) is 0.713. The first kappa shape index (κ1) is 16.1. The van der Waals surface area contributed by atoms with Crippen LogP contribution in [-0.2, 0) is 6.42 Å². The summed E-state index contributed by atoms with van der Waals surface area (Å²) in [5, 5.41) is 2.19. The first-order valence-electron chi connectivity index (χ1n) is 7.87. The van der Waals surface area contributed by atoms with Gasteiger partial charge in [0.15, 0.2) is 11.5 Å². The summed E-state index contributed by atoms with van der Waals surface area (Å²) in [6, 6.07) is 12.6. The lowest BCUT2D eigenvalue weighted by molar-refractivity contribution is 0.356. The van der Waals surface area contributed by atoms with E-state index in [1.165, 1.54) is 16.8 Å². The maximum atomic E-state index is 5.44. The molecule has 0 aliphatic heterocycles. The van der Waals surface area contributed by atoms with E-state index in [0.717, 1.165) is 28.7 Å². The zero-order valence-electron chi connectivity index (χ0n) is 14.5. The van der Waals surface area contributed by atoms with Gasteiger partial charge in [-0.3, -0.25) is 4.98 Å². The van der Waals surface area contributed by atoms with Crippen molar-refractivity contribution in [2.75, 3.05) is 33.2 Å². The molecule has 124 valence electrons. The molecule has 3 aromatic rings. The van der Waals surface area contributed by atoms with Gasteiger partial charge < -0.3 is 14.4 Å². The van der Waals surface area contributed by atoms with Gasteiger partial charge in [-0.05, 0) is 47.2 Å². The Morgan fingerprint density at radius 1 is 0.917 bits per heavy atom. The molecule has 0 unspecified atom stereocenters. The standard InChI is InChI=1S/C20H22N2O2/c1-22(2)17-7-5-14(6-8-17)9-15-12-21-13-16-10-19(23-3)20(24-4)11-18(15)16/h5-8,10-13H,9H2,1-4H3. The fourth-order valence-electron chi connectivity index (χ4n) is 2.83. The molecule has 0 bridgehead atoms. The van der Waals surface area contributed by atoms with Gasteiger partial charge in [-0.1, -0.05) is 12.1 Å². The van der Waals surface area contributed by atoms with Crippen LogP contribution in [-0.4, -0.2) is 33.3 Å². The van der Waals surface area contributed by atoms with E-state index in [-0.39, 0.29) is 0 Å². The number of aromatic nitrogens is 1. The Balaban J connectivity index is 1.99. The van der Waals surface area contributed by atoms with Crippen LogP contribution in [0.15, 0.2) is 48.8 Å². The van der Waals surface area contributed by atoms with Crippen molar-refractivity contribution in [1.29, 1.82) is 0 Å². The smallest absolute Gasteiger partial charge is 0.161 e. The second-order valence-electron chi connectivity index (χ2n) is 5.96. The highest BCUT2D eigenvalue weighted by Gasteiger charge is 2.10. The third-order valence-electron chi connectivity index (χ3n) is 4.19. The maximum Gasteiger partial charge on any atom is 0.161 e. The fourth-order valence-corrected chi connectivity index (χ4v) is 2.83. The van der Waals surface area contributed by atoms with E-state index >= 15 is 0 Å². The lowest BCUT2D eigenvalue weighted by Crippen LogP contribution is -2.08. The normalized spacial score (nSPS) is 10.7. The Morgan fingerprint density at radius 2 is 1.58 bits per heavy atom. The van der Waals surface area contributed by atoms with Gasteiger partial charge in [0.2, 0.25) is 0 Å². The molecule has 2 aromatic carbocycles. The highest BCUT2D eigenvalue weighted by molar-refractivity contribution is 5.88. The molecule has 4 heteroatoms. The molecule has 3 rings (SSSR count). The molecule has 24 heavy (non-hydrogen) atoms. The summed E-state index contributed by atoms with van der Waals surface area (Å²) >= 11 is 0. The predicted molar refractivity (Wildman–Crippen MR) is 98.4 cm³/mol. The molecule has 0 amide bonds. The van der Waals surface area contributed by atoms with Crippen molar-refractivity contribution in [3.8, 4) is 11.5 Å². The van der Waals surface area contributed by atoms with E-state index in [1.54, 1.807) is 14.2 Å². The van der Waals surface area contributed by atoms with Crippen LogP contribution in [0, 0.1) is 0 Å². The lowest BCUT2D eigenvalue weighted by Gasteiger charge is -2.14. The molecule has 0 fully saturated rings. The minimum absolute atomic E-state index is 0.722. The summed E-state index contributed by atoms with van der Waals surface area (Å²) in [5.74, 6) is 1.46. The predicted octanol–water partition coefficient (Wildman–Crippen LogP) is 3.91. The van der Waals surface area contributed by atoms with Gasteiger partial charge in [-0.15, -0.1) is 0 Å². The molecule has 1 aromatic heterocycles. The molecule has 4 nitrogen and oxygen atoms in total. The first-order chi connectivity index (χ1) is 11.6. The van der Waals surface area contributed by atoms with Crippen LogP contribution >= 0.6 is 0 Å². The average molecular weight is 322 g/mol. The Kier molecular flexibility index (Phi) is 4.56. The van der Waals surface area contributed by atoms with Crippen molar-refractivity contribution in [2.24, 2.45) is 0 Å². The molecule has 0 radical (unpaired) electrons. The van der Waals surface area contributed by atoms with Gasteiger partial charge in [0, 0.05) is 37.6 Å². The Morgan fingerprint density at radius 3 is 2.21 bits per heavy atom. The molecular weight excluding hydrogens is 300 g/mol. The number of benzene rings is 2. The summed E-state index contributed by atoms with van der Waals surface area (Å²) in [7, 11) is 7.39. The number of rotatable bonds is 5. The van der Waals surface area contributed by atoms with Gasteiger partial charge in [-0.2, -0.15) is 0 Å². The van der Waals surface area contributed by atoms with Crippen LogP contribution in [0.5, 0.6) is 11.5 Å². The number of ether oxygens (including phenoxy) is 2. The topological polar surface area (TPSA) is 34.6 Å². The highest BCUT2D eigenvalue weighted by Crippen LogP contribution is 2.33. The summed E-state index contributed by atoms with van der Waals surface area (Å²) in [6.07, 6.45) is 4.61. The van der Waals surface area contributed by atoms with Gasteiger partial charge in [0.05, 0.1) is 14.2 Å². The number of nitrogens with zero attached hydrogens (tertiary/aromatic N) is 2. The Labute approximate surface area is 142 Å². The Hall–Kier alpha value is -2.75. The van der Waals surface area contributed by atoms with E-state index in [0.29, 0.717) is 0 Å². The number of hydrogen-bond acceptors (Lipinski definition) is 4. The molecule has 0 spiro atoms. The van der Waals surface area contributed by atoms with Crippen molar-refractivity contribution in [3.05, 3.63) is 59.9 Å². The molecule has 0 aliphatic carbocycles. The van der Waals surface area contributed by atoms with E-state index in [2.05, 4.69) is 34.1 Å². The van der Waals surface area contributed by atoms with E-state index in [9.17, 15) is 0 Å². The fraction of sp³-hybridized carbons (Fsp3) is 0.250. The van der Waals surface area contributed by atoms with Gasteiger partial charge in [0.1, 0.15) is 0 Å². The summed E-state index contributed by atoms with van der Waals surface area (Å²) in [5.41, 5.74) is 3.62. The average Bonchev–Trinajstić information content (AvgIpc) is 2.61. The number of anilines is 1. The molecule has 1 heterocycles. The second-order valence-corrected chi connectivity index (χ2v) is 5.96. The van der Waals surface area contributed by atoms with Crippen LogP contribution in [0.2, 0.25) is 0 Å². The monoisotopic (exact) mass is 322 g/mol. The van der Waals surface area contributed by atoms with Gasteiger partial charge >= 0.3 is 0 Å². The van der Waals surface area contributed by atoms with Crippen LogP contribution in [0.3, 0.4) is 0 Å². The van der Waals surface area contributed by atoms with Gasteiger partial charge in [0.25, 0.3) is 0 Å². The van der Waals surface area contributed by atoms with Crippen molar-refractivity contribution in [2.45, 2.75) is 6.42 Å². The third kappa shape index (κ3) is 3.13. The third-order valence-corrected chi connectivity index (χ3v) is 4.19. The Bertz CT molecular complexity index is 842. The van der Waals surface area contributed by atoms with Crippen LogP contribution in [0.1, 0.15) is 11.1 Å². The van der Waals surface area contributed by atoms with E-state index in [4.69, 9.17) is 9.47 Å². The van der Waals surface area contributed by atoms with E-state index < -0.39 is 0 Å². The number of fused-ring (bicyclic) bond motifs is 1. The van der Waals surface area contributed by atoms with Crippen molar-refractivity contribution in [1.82, 2.24) is 4.98 Å².